The van der Waals surface area contributed by atoms with Gasteiger partial charge in [-0.15, -0.1) is 0 Å². The number of likely N-dealkylation sites (tertiary alicyclic amines) is 1. The minimum atomic E-state index is -0.454. The van der Waals surface area contributed by atoms with Gasteiger partial charge >= 0.3 is 0 Å². The van der Waals surface area contributed by atoms with Crippen molar-refractivity contribution in [2.24, 2.45) is 0 Å². The van der Waals surface area contributed by atoms with Crippen LogP contribution < -0.4 is 14.9 Å². The molecule has 0 aliphatic carbocycles. The summed E-state index contributed by atoms with van der Waals surface area (Å²) in [7, 11) is 5.24. The summed E-state index contributed by atoms with van der Waals surface area (Å²) < 4.78 is 20.0. The molecular formula is C26H26ClN3O4. The summed E-state index contributed by atoms with van der Waals surface area (Å²) in [4.78, 5) is 20.0. The Hall–Kier alpha value is -3.29. The van der Waals surface area contributed by atoms with Crippen molar-refractivity contribution < 1.29 is 13.9 Å². The van der Waals surface area contributed by atoms with Gasteiger partial charge in [-0.05, 0) is 32.5 Å². The Balaban J connectivity index is 1.86. The van der Waals surface area contributed by atoms with E-state index in [1.165, 1.54) is 13.2 Å². The van der Waals surface area contributed by atoms with Crippen LogP contribution in [0.15, 0.2) is 64.3 Å². The molecular weight excluding hydrogens is 454 g/mol. The molecule has 0 unspecified atom stereocenters. The fourth-order valence-corrected chi connectivity index (χ4v) is 5.39. The first-order chi connectivity index (χ1) is 16.4. The van der Waals surface area contributed by atoms with Crippen LogP contribution in [0.25, 0.3) is 22.3 Å². The fraction of sp³-hybridized carbons (Fsp3) is 0.308. The predicted molar refractivity (Wildman–Crippen MR) is 132 cm³/mol. The lowest BCUT2D eigenvalue weighted by Crippen LogP contribution is -2.44. The number of fused-ring (bicyclic) bond motifs is 1. The van der Waals surface area contributed by atoms with Crippen molar-refractivity contribution >= 4 is 22.6 Å². The Morgan fingerprint density at radius 3 is 2.62 bits per heavy atom. The number of benzene rings is 2. The highest BCUT2D eigenvalue weighted by atomic mass is 35.5. The summed E-state index contributed by atoms with van der Waals surface area (Å²) in [5.74, 6) is 1.36. The maximum Gasteiger partial charge on any atom is 0.197 e. The Bertz CT molecular complexity index is 1420. The average Bonchev–Trinajstić information content (AvgIpc) is 3.48. The number of likely N-dealkylation sites (N-methyl/N-ethyl adjacent to an activating group) is 1. The van der Waals surface area contributed by atoms with Gasteiger partial charge in [0.05, 0.1) is 25.6 Å². The molecule has 2 atom stereocenters. The second kappa shape index (κ2) is 8.49. The molecule has 0 radical (unpaired) electrons. The molecule has 1 saturated heterocycles. The van der Waals surface area contributed by atoms with Crippen LogP contribution in [-0.4, -0.2) is 42.3 Å². The minimum absolute atomic E-state index is 0.0558. The second-order valence-electron chi connectivity index (χ2n) is 8.68. The summed E-state index contributed by atoms with van der Waals surface area (Å²) in [5, 5.41) is 0.891. The van der Waals surface area contributed by atoms with E-state index in [1.54, 1.807) is 25.4 Å². The number of nitrogens with zero attached hydrogens (tertiary/aromatic N) is 3. The number of aromatic nitrogens is 2. The van der Waals surface area contributed by atoms with Gasteiger partial charge in [-0.3, -0.25) is 9.69 Å². The lowest BCUT2D eigenvalue weighted by molar-refractivity contribution is 0.0918. The Labute approximate surface area is 202 Å². The molecule has 8 heteroatoms. The lowest BCUT2D eigenvalue weighted by atomic mass is 9.85. The topological polar surface area (TPSA) is 69.7 Å². The van der Waals surface area contributed by atoms with E-state index in [0.717, 1.165) is 18.5 Å². The van der Waals surface area contributed by atoms with E-state index in [0.29, 0.717) is 38.8 Å². The molecule has 2 aromatic heterocycles. The zero-order valence-corrected chi connectivity index (χ0v) is 20.3. The summed E-state index contributed by atoms with van der Waals surface area (Å²) >= 11 is 6.45. The largest absolute Gasteiger partial charge is 0.496 e. The summed E-state index contributed by atoms with van der Waals surface area (Å²) in [5.41, 5.74) is 1.27. The molecule has 4 aromatic rings. The zero-order valence-electron chi connectivity index (χ0n) is 19.5. The monoisotopic (exact) mass is 479 g/mol. The van der Waals surface area contributed by atoms with Gasteiger partial charge in [0.25, 0.3) is 0 Å². The van der Waals surface area contributed by atoms with Gasteiger partial charge in [-0.1, -0.05) is 23.7 Å². The standard InChI is InChI=1S/C26H26ClN3O4/c1-26(30-12-10-28-15-30)17(9-11-29(26)2)23-21(32-3)14-22(33-4)24-19(31)13-20(34-25(23)24)16-7-5-6-8-18(16)27/h5-8,10,12-15,17H,9,11H2,1-4H3/t17-,26-/m0/s1. The molecule has 2 aromatic carbocycles. The molecule has 1 aliphatic rings. The van der Waals surface area contributed by atoms with Crippen LogP contribution in [0, 0.1) is 0 Å². The van der Waals surface area contributed by atoms with Crippen molar-refractivity contribution in [3.63, 3.8) is 0 Å². The molecule has 1 aliphatic heterocycles. The van der Waals surface area contributed by atoms with Gasteiger partial charge in [0.15, 0.2) is 5.43 Å². The molecule has 5 rings (SSSR count). The third kappa shape index (κ3) is 3.30. The van der Waals surface area contributed by atoms with Crippen LogP contribution in [0.2, 0.25) is 5.02 Å². The van der Waals surface area contributed by atoms with Crippen molar-refractivity contribution in [2.45, 2.75) is 24.9 Å². The van der Waals surface area contributed by atoms with Crippen LogP contribution in [0.1, 0.15) is 24.8 Å². The maximum atomic E-state index is 13.4. The molecule has 0 N–H and O–H groups in total. The molecule has 0 bridgehead atoms. The maximum absolute atomic E-state index is 13.4. The van der Waals surface area contributed by atoms with Crippen LogP contribution in [0.4, 0.5) is 0 Å². The first kappa shape index (κ1) is 22.5. The molecule has 7 nitrogen and oxygen atoms in total. The van der Waals surface area contributed by atoms with E-state index < -0.39 is 5.66 Å². The molecule has 176 valence electrons. The smallest absolute Gasteiger partial charge is 0.197 e. The first-order valence-electron chi connectivity index (χ1n) is 11.1. The molecule has 0 spiro atoms. The number of hydrogen-bond acceptors (Lipinski definition) is 6. The SMILES string of the molecule is COc1cc(OC)c2c(=O)cc(-c3ccccc3Cl)oc2c1[C@@H]1CCN(C)[C@@]1(C)n1ccnc1. The number of hydrogen-bond donors (Lipinski definition) is 0. The van der Waals surface area contributed by atoms with Crippen LogP contribution in [-0.2, 0) is 5.66 Å². The Morgan fingerprint density at radius 1 is 1.18 bits per heavy atom. The van der Waals surface area contributed by atoms with E-state index >= 15 is 0 Å². The van der Waals surface area contributed by atoms with Gasteiger partial charge in [0.2, 0.25) is 0 Å². The third-order valence-electron chi connectivity index (χ3n) is 7.11. The molecule has 0 amide bonds. The van der Waals surface area contributed by atoms with E-state index in [4.69, 9.17) is 25.5 Å². The Morgan fingerprint density at radius 2 is 1.94 bits per heavy atom. The van der Waals surface area contributed by atoms with Gasteiger partial charge < -0.3 is 18.5 Å². The van der Waals surface area contributed by atoms with Crippen LogP contribution in [0.3, 0.4) is 0 Å². The summed E-state index contributed by atoms with van der Waals surface area (Å²) in [6.07, 6.45) is 6.38. The van der Waals surface area contributed by atoms with Crippen molar-refractivity contribution in [2.75, 3.05) is 27.8 Å². The Kier molecular flexibility index (Phi) is 5.62. The number of imidazole rings is 1. The molecule has 3 heterocycles. The van der Waals surface area contributed by atoms with E-state index in [-0.39, 0.29) is 11.3 Å². The van der Waals surface area contributed by atoms with E-state index in [1.807, 2.05) is 30.7 Å². The number of ether oxygens (including phenoxy) is 2. The molecule has 34 heavy (non-hydrogen) atoms. The van der Waals surface area contributed by atoms with Crippen molar-refractivity contribution in [1.29, 1.82) is 0 Å². The van der Waals surface area contributed by atoms with E-state index in [9.17, 15) is 4.79 Å². The average molecular weight is 480 g/mol. The van der Waals surface area contributed by atoms with Crippen molar-refractivity contribution in [3.05, 3.63) is 75.9 Å². The highest BCUT2D eigenvalue weighted by molar-refractivity contribution is 6.33. The van der Waals surface area contributed by atoms with Crippen LogP contribution >= 0.6 is 11.6 Å². The van der Waals surface area contributed by atoms with Gasteiger partial charge in [0.1, 0.15) is 33.9 Å². The van der Waals surface area contributed by atoms with Crippen LogP contribution in [0.5, 0.6) is 11.5 Å². The quantitative estimate of drug-likeness (QED) is 0.395. The molecule has 0 saturated carbocycles. The lowest BCUT2D eigenvalue weighted by Gasteiger charge is -2.39. The number of halogens is 1. The van der Waals surface area contributed by atoms with E-state index in [2.05, 4.69) is 28.4 Å². The fourth-order valence-electron chi connectivity index (χ4n) is 5.16. The van der Waals surface area contributed by atoms with Gasteiger partial charge in [0, 0.05) is 48.1 Å². The molecule has 1 fully saturated rings. The predicted octanol–water partition coefficient (Wildman–Crippen LogP) is 5.12. The highest BCUT2D eigenvalue weighted by Crippen LogP contribution is 2.51. The normalized spacial score (nSPS) is 20.7. The van der Waals surface area contributed by atoms with Gasteiger partial charge in [-0.25, -0.2) is 4.98 Å². The summed E-state index contributed by atoms with van der Waals surface area (Å²) in [6.45, 7) is 3.02. The zero-order chi connectivity index (χ0) is 24.0. The minimum Gasteiger partial charge on any atom is -0.496 e. The van der Waals surface area contributed by atoms with Crippen molar-refractivity contribution in [1.82, 2.24) is 14.5 Å². The summed E-state index contributed by atoms with van der Waals surface area (Å²) in [6, 6.07) is 10.6. The number of methoxy groups -OCH3 is 2. The van der Waals surface area contributed by atoms with Crippen molar-refractivity contribution in [3.8, 4) is 22.8 Å². The number of rotatable bonds is 5. The highest BCUT2D eigenvalue weighted by Gasteiger charge is 2.47. The second-order valence-corrected chi connectivity index (χ2v) is 9.09. The van der Waals surface area contributed by atoms with Gasteiger partial charge in [-0.2, -0.15) is 0 Å². The first-order valence-corrected chi connectivity index (χ1v) is 11.4. The third-order valence-corrected chi connectivity index (χ3v) is 7.44.